The van der Waals surface area contributed by atoms with Crippen LogP contribution in [0.4, 0.5) is 5.82 Å². The molecule has 1 N–H and O–H groups in total. The van der Waals surface area contributed by atoms with Crippen LogP contribution in [-0.4, -0.2) is 39.6 Å². The molecule has 1 aliphatic rings. The van der Waals surface area contributed by atoms with E-state index in [1.165, 1.54) is 0 Å². The van der Waals surface area contributed by atoms with Crippen LogP contribution in [0.15, 0.2) is 36.9 Å². The minimum atomic E-state index is -0.0199. The van der Waals surface area contributed by atoms with Gasteiger partial charge in [0.15, 0.2) is 0 Å². The third-order valence-corrected chi connectivity index (χ3v) is 3.81. The zero-order chi connectivity index (χ0) is 14.7. The molecular formula is C15H19N5O. The molecule has 2 aromatic rings. The van der Waals surface area contributed by atoms with Gasteiger partial charge in [0, 0.05) is 44.8 Å². The monoisotopic (exact) mass is 285 g/mol. The van der Waals surface area contributed by atoms with Crippen molar-refractivity contribution in [3.8, 4) is 0 Å². The molecule has 3 rings (SSSR count). The number of hydrogen-bond acceptors (Lipinski definition) is 4. The third kappa shape index (κ3) is 3.04. The van der Waals surface area contributed by atoms with Crippen LogP contribution in [0, 0.1) is 0 Å². The van der Waals surface area contributed by atoms with Crippen molar-refractivity contribution in [3.05, 3.63) is 42.6 Å². The van der Waals surface area contributed by atoms with Crippen LogP contribution < -0.4 is 10.2 Å². The number of aryl methyl sites for hydroxylation is 1. The fourth-order valence-corrected chi connectivity index (χ4v) is 2.71. The summed E-state index contributed by atoms with van der Waals surface area (Å²) < 4.78 is 1.83. The van der Waals surface area contributed by atoms with Crippen LogP contribution in [-0.2, 0) is 7.05 Å². The highest BCUT2D eigenvalue weighted by atomic mass is 16.2. The van der Waals surface area contributed by atoms with Crippen LogP contribution in [0.3, 0.4) is 0 Å². The van der Waals surface area contributed by atoms with Crippen molar-refractivity contribution in [1.29, 1.82) is 0 Å². The lowest BCUT2D eigenvalue weighted by Crippen LogP contribution is -2.48. The van der Waals surface area contributed by atoms with Gasteiger partial charge in [0.25, 0.3) is 5.91 Å². The molecule has 0 bridgehead atoms. The molecule has 1 fully saturated rings. The van der Waals surface area contributed by atoms with Gasteiger partial charge in [-0.25, -0.2) is 4.98 Å². The molecule has 21 heavy (non-hydrogen) atoms. The number of aromatic nitrogens is 3. The summed E-state index contributed by atoms with van der Waals surface area (Å²) in [4.78, 5) is 22.9. The van der Waals surface area contributed by atoms with E-state index in [1.54, 1.807) is 18.6 Å². The fourth-order valence-electron chi connectivity index (χ4n) is 2.71. The Bertz CT molecular complexity index is 610. The third-order valence-electron chi connectivity index (χ3n) is 3.81. The van der Waals surface area contributed by atoms with Gasteiger partial charge in [-0.1, -0.05) is 0 Å². The molecule has 3 heterocycles. The van der Waals surface area contributed by atoms with E-state index in [1.807, 2.05) is 29.9 Å². The first-order chi connectivity index (χ1) is 10.2. The molecule has 1 atom stereocenters. The summed E-state index contributed by atoms with van der Waals surface area (Å²) in [6.07, 6.45) is 9.04. The summed E-state index contributed by atoms with van der Waals surface area (Å²) >= 11 is 0. The van der Waals surface area contributed by atoms with Gasteiger partial charge >= 0.3 is 0 Å². The van der Waals surface area contributed by atoms with E-state index in [0.717, 1.165) is 31.7 Å². The van der Waals surface area contributed by atoms with Gasteiger partial charge in [-0.05, 0) is 25.0 Å². The summed E-state index contributed by atoms with van der Waals surface area (Å²) in [6.45, 7) is 1.73. The predicted molar refractivity (Wildman–Crippen MR) is 80.1 cm³/mol. The number of rotatable bonds is 3. The van der Waals surface area contributed by atoms with Crippen LogP contribution in [0.5, 0.6) is 0 Å². The van der Waals surface area contributed by atoms with E-state index in [4.69, 9.17) is 0 Å². The maximum absolute atomic E-state index is 12.3. The zero-order valence-electron chi connectivity index (χ0n) is 12.1. The lowest BCUT2D eigenvalue weighted by atomic mass is 10.1. The molecule has 1 aliphatic heterocycles. The average molecular weight is 285 g/mol. The Labute approximate surface area is 123 Å². The highest BCUT2D eigenvalue weighted by Gasteiger charge is 2.23. The van der Waals surface area contributed by atoms with Gasteiger partial charge in [0.05, 0.1) is 6.20 Å². The summed E-state index contributed by atoms with van der Waals surface area (Å²) in [5.41, 5.74) is 0.687. The van der Waals surface area contributed by atoms with Crippen LogP contribution >= 0.6 is 0 Å². The van der Waals surface area contributed by atoms with Crippen molar-refractivity contribution >= 4 is 11.7 Å². The molecular weight excluding hydrogens is 266 g/mol. The summed E-state index contributed by atoms with van der Waals surface area (Å²) in [5, 5.41) is 3.11. The number of carbonyl (C=O) groups excluding carboxylic acids is 1. The number of nitrogens with zero attached hydrogens (tertiary/aromatic N) is 4. The second-order valence-electron chi connectivity index (χ2n) is 5.33. The molecule has 0 spiro atoms. The first kappa shape index (κ1) is 13.6. The molecule has 2 aromatic heterocycles. The highest BCUT2D eigenvalue weighted by Crippen LogP contribution is 2.16. The second-order valence-corrected chi connectivity index (χ2v) is 5.33. The molecule has 0 saturated carbocycles. The predicted octanol–water partition coefficient (Wildman–Crippen LogP) is 1.21. The number of anilines is 1. The van der Waals surface area contributed by atoms with E-state index in [2.05, 4.69) is 20.2 Å². The van der Waals surface area contributed by atoms with E-state index < -0.39 is 0 Å². The smallest absolute Gasteiger partial charge is 0.268 e. The van der Waals surface area contributed by atoms with Crippen molar-refractivity contribution in [2.75, 3.05) is 18.0 Å². The Morgan fingerprint density at radius 1 is 1.43 bits per heavy atom. The van der Waals surface area contributed by atoms with Crippen molar-refractivity contribution in [2.45, 2.75) is 18.9 Å². The van der Waals surface area contributed by atoms with Crippen LogP contribution in [0.25, 0.3) is 0 Å². The van der Waals surface area contributed by atoms with Gasteiger partial charge in [-0.3, -0.25) is 9.78 Å². The van der Waals surface area contributed by atoms with E-state index in [-0.39, 0.29) is 11.9 Å². The number of nitrogens with one attached hydrogen (secondary N) is 1. The standard InChI is InChI=1S/C15H19N5O/c1-19-8-3-5-13(19)15(21)18-12-4-2-9-20(11-12)14-10-16-6-7-17-14/h3,5-8,10,12H,2,4,9,11H2,1H3,(H,18,21). The van der Waals surface area contributed by atoms with E-state index in [0.29, 0.717) is 5.69 Å². The topological polar surface area (TPSA) is 63.1 Å². The van der Waals surface area contributed by atoms with E-state index in [9.17, 15) is 4.79 Å². The molecule has 1 amide bonds. The van der Waals surface area contributed by atoms with Gasteiger partial charge in [0.2, 0.25) is 0 Å². The van der Waals surface area contributed by atoms with Gasteiger partial charge in [-0.2, -0.15) is 0 Å². The van der Waals surface area contributed by atoms with E-state index >= 15 is 0 Å². The minimum absolute atomic E-state index is 0.0199. The van der Waals surface area contributed by atoms with Crippen LogP contribution in [0.2, 0.25) is 0 Å². The van der Waals surface area contributed by atoms with Crippen molar-refractivity contribution in [3.63, 3.8) is 0 Å². The van der Waals surface area contributed by atoms with Crippen molar-refractivity contribution in [2.24, 2.45) is 7.05 Å². The van der Waals surface area contributed by atoms with Crippen LogP contribution in [0.1, 0.15) is 23.3 Å². The Kier molecular flexibility index (Phi) is 3.85. The quantitative estimate of drug-likeness (QED) is 0.921. The molecule has 1 saturated heterocycles. The minimum Gasteiger partial charge on any atom is -0.353 e. The number of piperidine rings is 1. The first-order valence-electron chi connectivity index (χ1n) is 7.17. The number of amides is 1. The largest absolute Gasteiger partial charge is 0.353 e. The summed E-state index contributed by atoms with van der Waals surface area (Å²) in [7, 11) is 1.88. The molecule has 110 valence electrons. The van der Waals surface area contributed by atoms with Gasteiger partial charge < -0.3 is 14.8 Å². The van der Waals surface area contributed by atoms with Gasteiger partial charge in [-0.15, -0.1) is 0 Å². The number of hydrogen-bond donors (Lipinski definition) is 1. The number of carbonyl (C=O) groups is 1. The maximum Gasteiger partial charge on any atom is 0.268 e. The molecule has 6 heteroatoms. The van der Waals surface area contributed by atoms with Crippen molar-refractivity contribution < 1.29 is 4.79 Å². The Morgan fingerprint density at radius 2 is 2.33 bits per heavy atom. The Hall–Kier alpha value is -2.37. The highest BCUT2D eigenvalue weighted by molar-refractivity contribution is 5.92. The summed E-state index contributed by atoms with van der Waals surface area (Å²) in [6, 6.07) is 3.85. The molecule has 0 aromatic carbocycles. The molecule has 0 aliphatic carbocycles. The first-order valence-corrected chi connectivity index (χ1v) is 7.17. The maximum atomic E-state index is 12.3. The molecule has 6 nitrogen and oxygen atoms in total. The summed E-state index contributed by atoms with van der Waals surface area (Å²) in [5.74, 6) is 0.851. The lowest BCUT2D eigenvalue weighted by Gasteiger charge is -2.33. The Morgan fingerprint density at radius 3 is 3.05 bits per heavy atom. The van der Waals surface area contributed by atoms with Crippen molar-refractivity contribution in [1.82, 2.24) is 19.9 Å². The average Bonchev–Trinajstić information content (AvgIpc) is 2.95. The molecule has 1 unspecified atom stereocenters. The fraction of sp³-hybridized carbons (Fsp3) is 0.400. The zero-order valence-corrected chi connectivity index (χ0v) is 12.1. The lowest BCUT2D eigenvalue weighted by molar-refractivity contribution is 0.0925. The second kappa shape index (κ2) is 5.95. The SMILES string of the molecule is Cn1cccc1C(=O)NC1CCCN(c2cnccn2)C1. The van der Waals surface area contributed by atoms with Gasteiger partial charge in [0.1, 0.15) is 11.5 Å². The Balaban J connectivity index is 1.64. The molecule has 0 radical (unpaired) electrons. The normalized spacial score (nSPS) is 18.5.